The molecule has 0 fully saturated rings. The van der Waals surface area contributed by atoms with Crippen molar-refractivity contribution < 1.29 is 22.8 Å². The number of carbonyl (C=O) groups is 2. The lowest BCUT2D eigenvalue weighted by atomic mass is 9.99. The number of amides is 3. The van der Waals surface area contributed by atoms with Crippen LogP contribution in [0.15, 0.2) is 94.1 Å². The Bertz CT molecular complexity index is 1660. The predicted octanol–water partition coefficient (Wildman–Crippen LogP) is 6.20. The van der Waals surface area contributed by atoms with Gasteiger partial charge in [0.25, 0.3) is 5.91 Å². The molecule has 9 nitrogen and oxygen atoms in total. The van der Waals surface area contributed by atoms with Crippen molar-refractivity contribution in [2.45, 2.75) is 12.7 Å². The molecule has 2 heterocycles. The summed E-state index contributed by atoms with van der Waals surface area (Å²) in [6.07, 6.45) is -4.78. The second kappa shape index (κ2) is 10.7. The van der Waals surface area contributed by atoms with Crippen molar-refractivity contribution >= 4 is 23.5 Å². The van der Waals surface area contributed by atoms with Gasteiger partial charge in [0.05, 0.1) is 5.69 Å². The van der Waals surface area contributed by atoms with Crippen molar-refractivity contribution in [2.24, 2.45) is 15.2 Å². The zero-order valence-electron chi connectivity index (χ0n) is 21.3. The molecule has 0 atom stereocenters. The summed E-state index contributed by atoms with van der Waals surface area (Å²) >= 11 is 0. The lowest BCUT2D eigenvalue weighted by Gasteiger charge is -2.15. The van der Waals surface area contributed by atoms with Crippen LogP contribution in [0, 0.1) is 0 Å². The topological polar surface area (TPSA) is 104 Å². The van der Waals surface area contributed by atoms with E-state index in [1.54, 1.807) is 18.2 Å². The fraction of sp³-hybridized carbons (Fsp3) is 0.143. The number of urea groups is 1. The number of aliphatic imine (C=N–C) groups is 1. The number of alkyl halides is 3. The van der Waals surface area contributed by atoms with Crippen LogP contribution in [0.1, 0.15) is 27.3 Å². The summed E-state index contributed by atoms with van der Waals surface area (Å²) < 4.78 is 41.6. The molecule has 0 unspecified atom stereocenters. The summed E-state index contributed by atoms with van der Waals surface area (Å²) in [5.41, 5.74) is 2.39. The molecule has 0 saturated heterocycles. The van der Waals surface area contributed by atoms with Crippen molar-refractivity contribution in [3.05, 3.63) is 101 Å². The molecule has 40 heavy (non-hydrogen) atoms. The van der Waals surface area contributed by atoms with Crippen molar-refractivity contribution in [3.63, 3.8) is 0 Å². The van der Waals surface area contributed by atoms with Crippen LogP contribution in [-0.2, 0) is 12.7 Å². The number of carbonyl (C=O) groups excluding carboxylic acids is 2. The normalized spacial score (nSPS) is 13.2. The Balaban J connectivity index is 1.44. The van der Waals surface area contributed by atoms with Crippen molar-refractivity contribution in [1.29, 1.82) is 0 Å². The fourth-order valence-electron chi connectivity index (χ4n) is 4.21. The second-order valence-corrected chi connectivity index (χ2v) is 9.22. The maximum Gasteiger partial charge on any atom is 0.435 e. The highest BCUT2D eigenvalue weighted by Crippen LogP contribution is 2.31. The van der Waals surface area contributed by atoms with Crippen LogP contribution < -0.4 is 5.32 Å². The first-order valence-electron chi connectivity index (χ1n) is 12.1. The summed E-state index contributed by atoms with van der Waals surface area (Å²) in [6.45, 7) is 0.744. The van der Waals surface area contributed by atoms with Gasteiger partial charge in [-0.25, -0.2) is 9.48 Å². The number of hydrogen-bond acceptors (Lipinski definition) is 5. The molecule has 0 bridgehead atoms. The van der Waals surface area contributed by atoms with Gasteiger partial charge in [0, 0.05) is 23.9 Å². The Morgan fingerprint density at radius 1 is 0.925 bits per heavy atom. The van der Waals surface area contributed by atoms with Gasteiger partial charge >= 0.3 is 12.2 Å². The molecule has 0 aliphatic carbocycles. The largest absolute Gasteiger partial charge is 0.435 e. The molecule has 1 aromatic heterocycles. The van der Waals surface area contributed by atoms with Gasteiger partial charge in [0.1, 0.15) is 5.69 Å². The number of rotatable bonds is 7. The lowest BCUT2D eigenvalue weighted by molar-refractivity contribution is -0.141. The number of halogens is 3. The summed E-state index contributed by atoms with van der Waals surface area (Å²) in [7, 11) is 3.96. The molecule has 1 aliphatic rings. The minimum atomic E-state index is -4.78. The van der Waals surface area contributed by atoms with Crippen molar-refractivity contribution in [2.75, 3.05) is 19.4 Å². The molecule has 3 amide bonds. The Hall–Kier alpha value is -4.97. The third kappa shape index (κ3) is 5.71. The van der Waals surface area contributed by atoms with E-state index in [0.717, 1.165) is 27.9 Å². The molecule has 0 radical (unpaired) electrons. The first-order valence-corrected chi connectivity index (χ1v) is 12.1. The SMILES string of the molecule is CN(C)Cc1ccccc1-c1ccc(NC(=O)c2cc(C(F)(F)F)nn2-c2cccc(C3=NC(=O)N=N3)c2)cc1. The summed E-state index contributed by atoms with van der Waals surface area (Å²) in [5.74, 6) is -0.782. The fourth-order valence-corrected chi connectivity index (χ4v) is 4.21. The van der Waals surface area contributed by atoms with Crippen LogP contribution in [-0.4, -0.2) is 46.5 Å². The standard InChI is InChI=1S/C28H22F3N7O2/c1-37(2)16-19-6-3-4-9-22(19)17-10-12-20(13-11-17)32-26(39)23-15-24(28(29,30)31)36-38(23)21-8-5-7-18(14-21)25-33-27(40)35-34-25/h3-15H,16H2,1-2H3,(H,32,39). The van der Waals surface area contributed by atoms with Gasteiger partial charge in [0.15, 0.2) is 11.5 Å². The van der Waals surface area contributed by atoms with Gasteiger partial charge in [-0.1, -0.05) is 53.6 Å². The van der Waals surface area contributed by atoms with Crippen LogP contribution in [0.3, 0.4) is 0 Å². The monoisotopic (exact) mass is 545 g/mol. The van der Waals surface area contributed by atoms with E-state index >= 15 is 0 Å². The minimum absolute atomic E-state index is 0.00768. The van der Waals surface area contributed by atoms with Gasteiger partial charge in [-0.3, -0.25) is 4.79 Å². The average molecular weight is 546 g/mol. The van der Waals surface area contributed by atoms with E-state index in [1.165, 1.54) is 18.2 Å². The molecule has 5 rings (SSSR count). The summed E-state index contributed by atoms with van der Waals surface area (Å²) in [5, 5.41) is 13.3. The maximum atomic E-state index is 13.6. The second-order valence-electron chi connectivity index (χ2n) is 9.22. The van der Waals surface area contributed by atoms with E-state index in [0.29, 0.717) is 17.3 Å². The first-order chi connectivity index (χ1) is 19.1. The first kappa shape index (κ1) is 26.6. The molecule has 12 heteroatoms. The van der Waals surface area contributed by atoms with E-state index in [-0.39, 0.29) is 17.2 Å². The Kier molecular flexibility index (Phi) is 7.09. The van der Waals surface area contributed by atoms with Crippen LogP contribution in [0.2, 0.25) is 0 Å². The van der Waals surface area contributed by atoms with Gasteiger partial charge in [-0.05, 0) is 55.1 Å². The Morgan fingerprint density at radius 3 is 2.35 bits per heavy atom. The number of nitrogens with one attached hydrogen (secondary N) is 1. The highest BCUT2D eigenvalue weighted by molar-refractivity contribution is 6.08. The number of nitrogens with zero attached hydrogens (tertiary/aromatic N) is 6. The molecular formula is C28H22F3N7O2. The molecule has 0 spiro atoms. The van der Waals surface area contributed by atoms with E-state index < -0.39 is 23.8 Å². The highest BCUT2D eigenvalue weighted by Gasteiger charge is 2.36. The van der Waals surface area contributed by atoms with Crippen LogP contribution in [0.5, 0.6) is 0 Å². The van der Waals surface area contributed by atoms with Crippen LogP contribution in [0.4, 0.5) is 23.7 Å². The zero-order valence-corrected chi connectivity index (χ0v) is 21.3. The number of anilines is 1. The number of benzene rings is 3. The van der Waals surface area contributed by atoms with Gasteiger partial charge in [0.2, 0.25) is 0 Å². The third-order valence-corrected chi connectivity index (χ3v) is 5.97. The van der Waals surface area contributed by atoms with E-state index in [4.69, 9.17) is 0 Å². The molecule has 3 aromatic carbocycles. The smallest absolute Gasteiger partial charge is 0.321 e. The minimum Gasteiger partial charge on any atom is -0.321 e. The quantitative estimate of drug-likeness (QED) is 0.298. The van der Waals surface area contributed by atoms with Crippen molar-refractivity contribution in [3.8, 4) is 16.8 Å². The van der Waals surface area contributed by atoms with Gasteiger partial charge in [-0.2, -0.15) is 23.3 Å². The Morgan fingerprint density at radius 2 is 1.68 bits per heavy atom. The molecular weight excluding hydrogens is 523 g/mol. The van der Waals surface area contributed by atoms with E-state index in [9.17, 15) is 22.8 Å². The number of azo groups is 1. The van der Waals surface area contributed by atoms with Gasteiger partial charge < -0.3 is 10.2 Å². The molecule has 1 aliphatic heterocycles. The average Bonchev–Trinajstić information content (AvgIpc) is 3.57. The van der Waals surface area contributed by atoms with Gasteiger partial charge in [-0.15, -0.1) is 5.11 Å². The lowest BCUT2D eigenvalue weighted by Crippen LogP contribution is -2.17. The number of hydrogen-bond donors (Lipinski definition) is 1. The Labute approximate surface area is 226 Å². The molecule has 202 valence electrons. The number of aromatic nitrogens is 2. The highest BCUT2D eigenvalue weighted by atomic mass is 19.4. The predicted molar refractivity (Wildman–Crippen MR) is 143 cm³/mol. The molecule has 4 aromatic rings. The van der Waals surface area contributed by atoms with Crippen LogP contribution in [0.25, 0.3) is 16.8 Å². The van der Waals surface area contributed by atoms with E-state index in [2.05, 4.69) is 30.5 Å². The van der Waals surface area contributed by atoms with E-state index in [1.807, 2.05) is 50.5 Å². The zero-order chi connectivity index (χ0) is 28.4. The van der Waals surface area contributed by atoms with Crippen molar-refractivity contribution in [1.82, 2.24) is 14.7 Å². The maximum absolute atomic E-state index is 13.6. The molecule has 1 N–H and O–H groups in total. The third-order valence-electron chi connectivity index (χ3n) is 5.97. The summed E-state index contributed by atoms with van der Waals surface area (Å²) in [6, 6.07) is 20.9. The molecule has 0 saturated carbocycles. The number of amidine groups is 1. The summed E-state index contributed by atoms with van der Waals surface area (Å²) in [4.78, 5) is 30.3. The van der Waals surface area contributed by atoms with Crippen LogP contribution >= 0.6 is 0 Å².